The second kappa shape index (κ2) is 5.59. The Balaban J connectivity index is 3.18. The molecule has 0 spiro atoms. The van der Waals surface area contributed by atoms with Crippen molar-refractivity contribution in [1.29, 1.82) is 0 Å². The van der Waals surface area contributed by atoms with Crippen molar-refractivity contribution in [3.8, 4) is 0 Å². The van der Waals surface area contributed by atoms with Crippen LogP contribution in [0.3, 0.4) is 0 Å². The lowest BCUT2D eigenvalue weighted by molar-refractivity contribution is 0.0600. The predicted molar refractivity (Wildman–Crippen MR) is 68.2 cm³/mol. The summed E-state index contributed by atoms with van der Waals surface area (Å²) in [7, 11) is 1.30. The van der Waals surface area contributed by atoms with Crippen LogP contribution in [0.4, 0.5) is 0 Å². The number of carbonyl (C=O) groups is 2. The van der Waals surface area contributed by atoms with Gasteiger partial charge >= 0.3 is 5.97 Å². The van der Waals surface area contributed by atoms with Crippen LogP contribution in [0, 0.1) is 0 Å². The van der Waals surface area contributed by atoms with Gasteiger partial charge in [0.15, 0.2) is 5.78 Å². The van der Waals surface area contributed by atoms with Gasteiger partial charge in [0, 0.05) is 10.0 Å². The average molecular weight is 350 g/mol. The van der Waals surface area contributed by atoms with Crippen molar-refractivity contribution in [3.05, 3.63) is 33.8 Å². The van der Waals surface area contributed by atoms with E-state index < -0.39 is 5.97 Å². The van der Waals surface area contributed by atoms with E-state index in [0.717, 1.165) is 0 Å². The van der Waals surface area contributed by atoms with E-state index in [-0.39, 0.29) is 10.6 Å². The standard InChI is InChI=1S/C11H10Br2O3/c1-6(12)10(14)7-3-8(11(15)16-2)5-9(13)4-7/h3-6H,1-2H3. The van der Waals surface area contributed by atoms with Gasteiger partial charge in [0.1, 0.15) is 0 Å². The number of rotatable bonds is 3. The topological polar surface area (TPSA) is 43.4 Å². The van der Waals surface area contributed by atoms with E-state index in [1.807, 2.05) is 0 Å². The Kier molecular flexibility index (Phi) is 4.68. The molecule has 0 bridgehead atoms. The zero-order chi connectivity index (χ0) is 12.3. The van der Waals surface area contributed by atoms with Crippen molar-refractivity contribution in [1.82, 2.24) is 0 Å². The molecule has 1 unspecified atom stereocenters. The fourth-order valence-electron chi connectivity index (χ4n) is 1.20. The number of Topliss-reactive ketones (excluding diaryl/α,β-unsaturated/α-hetero) is 1. The van der Waals surface area contributed by atoms with Crippen molar-refractivity contribution in [2.24, 2.45) is 0 Å². The molecule has 86 valence electrons. The first-order chi connectivity index (χ1) is 7.45. The van der Waals surface area contributed by atoms with Gasteiger partial charge in [-0.15, -0.1) is 0 Å². The number of methoxy groups -OCH3 is 1. The van der Waals surface area contributed by atoms with Gasteiger partial charge in [-0.3, -0.25) is 4.79 Å². The lowest BCUT2D eigenvalue weighted by atomic mass is 10.1. The summed E-state index contributed by atoms with van der Waals surface area (Å²) < 4.78 is 5.28. The van der Waals surface area contributed by atoms with Crippen LogP contribution in [-0.2, 0) is 4.74 Å². The second-order valence-corrected chi connectivity index (χ2v) is 5.49. The highest BCUT2D eigenvalue weighted by Crippen LogP contribution is 2.19. The predicted octanol–water partition coefficient (Wildman–Crippen LogP) is 3.20. The lowest BCUT2D eigenvalue weighted by Crippen LogP contribution is -2.11. The molecule has 0 N–H and O–H groups in total. The summed E-state index contributed by atoms with van der Waals surface area (Å²) in [5.74, 6) is -0.538. The van der Waals surface area contributed by atoms with Crippen molar-refractivity contribution in [3.63, 3.8) is 0 Å². The highest BCUT2D eigenvalue weighted by atomic mass is 79.9. The Morgan fingerprint density at radius 1 is 1.25 bits per heavy atom. The maximum Gasteiger partial charge on any atom is 0.337 e. The normalized spacial score (nSPS) is 12.0. The van der Waals surface area contributed by atoms with Gasteiger partial charge in [0.25, 0.3) is 0 Å². The highest BCUT2D eigenvalue weighted by molar-refractivity contribution is 9.10. The first-order valence-corrected chi connectivity index (χ1v) is 6.23. The molecule has 0 saturated carbocycles. The van der Waals surface area contributed by atoms with Gasteiger partial charge in [0.2, 0.25) is 0 Å². The molecule has 0 aromatic heterocycles. The highest BCUT2D eigenvalue weighted by Gasteiger charge is 2.15. The van der Waals surface area contributed by atoms with E-state index >= 15 is 0 Å². The van der Waals surface area contributed by atoms with Gasteiger partial charge in [-0.25, -0.2) is 4.79 Å². The molecule has 0 fully saturated rings. The van der Waals surface area contributed by atoms with Crippen molar-refractivity contribution >= 4 is 43.6 Å². The SMILES string of the molecule is COC(=O)c1cc(Br)cc(C(=O)C(C)Br)c1. The maximum absolute atomic E-state index is 11.7. The molecule has 0 aliphatic rings. The van der Waals surface area contributed by atoms with Crippen LogP contribution in [0.15, 0.2) is 22.7 Å². The monoisotopic (exact) mass is 348 g/mol. The van der Waals surface area contributed by atoms with Gasteiger partial charge in [-0.05, 0) is 25.1 Å². The number of benzene rings is 1. The van der Waals surface area contributed by atoms with Crippen LogP contribution in [0.5, 0.6) is 0 Å². The summed E-state index contributed by atoms with van der Waals surface area (Å²) in [6, 6.07) is 4.81. The Hall–Kier alpha value is -0.680. The third kappa shape index (κ3) is 3.15. The van der Waals surface area contributed by atoms with Crippen LogP contribution in [0.1, 0.15) is 27.6 Å². The van der Waals surface area contributed by atoms with Gasteiger partial charge in [-0.2, -0.15) is 0 Å². The molecule has 1 rings (SSSR count). The van der Waals surface area contributed by atoms with E-state index in [4.69, 9.17) is 0 Å². The molecule has 1 aromatic carbocycles. The van der Waals surface area contributed by atoms with Crippen LogP contribution in [0.25, 0.3) is 0 Å². The number of halogens is 2. The van der Waals surface area contributed by atoms with E-state index in [9.17, 15) is 9.59 Å². The van der Waals surface area contributed by atoms with Gasteiger partial charge in [-0.1, -0.05) is 31.9 Å². The zero-order valence-corrected chi connectivity index (χ0v) is 12.0. The molecule has 1 aromatic rings. The molecule has 1 atom stereocenters. The van der Waals surface area contributed by atoms with Crippen LogP contribution >= 0.6 is 31.9 Å². The summed E-state index contributed by atoms with van der Waals surface area (Å²) in [6.07, 6.45) is 0. The van der Waals surface area contributed by atoms with Crippen LogP contribution < -0.4 is 0 Å². The summed E-state index contributed by atoms with van der Waals surface area (Å²) in [6.45, 7) is 1.74. The minimum absolute atomic E-state index is 0.0774. The first-order valence-electron chi connectivity index (χ1n) is 4.53. The maximum atomic E-state index is 11.7. The molecule has 0 aliphatic carbocycles. The van der Waals surface area contributed by atoms with Gasteiger partial charge < -0.3 is 4.74 Å². The van der Waals surface area contributed by atoms with E-state index in [1.165, 1.54) is 13.2 Å². The first kappa shape index (κ1) is 13.4. The zero-order valence-electron chi connectivity index (χ0n) is 8.79. The molecule has 16 heavy (non-hydrogen) atoms. The summed E-state index contributed by atoms with van der Waals surface area (Å²) >= 11 is 6.45. The number of hydrogen-bond donors (Lipinski definition) is 0. The number of ether oxygens (including phenoxy) is 1. The van der Waals surface area contributed by atoms with Crippen molar-refractivity contribution in [2.75, 3.05) is 7.11 Å². The molecule has 0 aliphatic heterocycles. The minimum atomic E-state index is -0.461. The van der Waals surface area contributed by atoms with Crippen LogP contribution in [-0.4, -0.2) is 23.7 Å². The Morgan fingerprint density at radius 3 is 2.31 bits per heavy atom. The Bertz CT molecular complexity index is 427. The largest absolute Gasteiger partial charge is 0.465 e. The Morgan fingerprint density at radius 2 is 1.81 bits per heavy atom. The van der Waals surface area contributed by atoms with Crippen LogP contribution in [0.2, 0.25) is 0 Å². The molecule has 0 amide bonds. The molecule has 0 heterocycles. The van der Waals surface area contributed by atoms with Crippen molar-refractivity contribution in [2.45, 2.75) is 11.8 Å². The molecule has 0 radical (unpaired) electrons. The minimum Gasteiger partial charge on any atom is -0.465 e. The van der Waals surface area contributed by atoms with E-state index in [1.54, 1.807) is 19.1 Å². The smallest absolute Gasteiger partial charge is 0.337 e. The van der Waals surface area contributed by atoms with E-state index in [2.05, 4.69) is 36.6 Å². The summed E-state index contributed by atoms with van der Waals surface area (Å²) in [4.78, 5) is 22.8. The average Bonchev–Trinajstić information content (AvgIpc) is 2.25. The third-order valence-corrected chi connectivity index (χ3v) is 2.84. The van der Waals surface area contributed by atoms with Gasteiger partial charge in [0.05, 0.1) is 17.5 Å². The number of ketones is 1. The quantitative estimate of drug-likeness (QED) is 0.478. The Labute approximate surface area is 110 Å². The molecule has 3 nitrogen and oxygen atoms in total. The van der Waals surface area contributed by atoms with Crippen molar-refractivity contribution < 1.29 is 14.3 Å². The number of hydrogen-bond acceptors (Lipinski definition) is 3. The lowest BCUT2D eigenvalue weighted by Gasteiger charge is -2.06. The molecular formula is C11H10Br2O3. The second-order valence-electron chi connectivity index (χ2n) is 3.20. The van der Waals surface area contributed by atoms with E-state index in [0.29, 0.717) is 15.6 Å². The third-order valence-electron chi connectivity index (χ3n) is 1.96. The number of carbonyl (C=O) groups excluding carboxylic acids is 2. The summed E-state index contributed by atoms with van der Waals surface area (Å²) in [5.41, 5.74) is 0.826. The fourth-order valence-corrected chi connectivity index (χ4v) is 1.95. The number of esters is 1. The molecular weight excluding hydrogens is 340 g/mol. The summed E-state index contributed by atoms with van der Waals surface area (Å²) in [5, 5.41) is 0. The molecule has 5 heteroatoms. The number of alkyl halides is 1. The molecule has 0 saturated heterocycles. The fraction of sp³-hybridized carbons (Fsp3) is 0.273.